The number of ether oxygens (including phenoxy) is 1. The number of hydrogen-bond donors (Lipinski definition) is 3. The zero-order chi connectivity index (χ0) is 22.0. The molecule has 0 spiro atoms. The first-order valence-corrected chi connectivity index (χ1v) is 9.73. The first kappa shape index (κ1) is 21.6. The van der Waals surface area contributed by atoms with Gasteiger partial charge in [0.05, 0.1) is 21.3 Å². The molecule has 3 aromatic rings. The molecule has 3 rings (SSSR count). The zero-order valence-corrected chi connectivity index (χ0v) is 17.8. The van der Waals surface area contributed by atoms with Gasteiger partial charge in [0.15, 0.2) is 0 Å². The lowest BCUT2D eigenvalue weighted by molar-refractivity contribution is 0.0696. The third-order valence-electron chi connectivity index (χ3n) is 4.65. The van der Waals surface area contributed by atoms with Crippen LogP contribution in [0.15, 0.2) is 48.8 Å². The molecule has 1 heterocycles. The number of anilines is 1. The van der Waals surface area contributed by atoms with Crippen molar-refractivity contribution in [2.75, 3.05) is 5.73 Å². The Morgan fingerprint density at radius 2 is 1.80 bits per heavy atom. The van der Waals surface area contributed by atoms with Gasteiger partial charge < -0.3 is 15.6 Å². The Bertz CT molecular complexity index is 1130. The largest absolute Gasteiger partial charge is 0.486 e. The lowest BCUT2D eigenvalue weighted by atomic mass is 9.97. The van der Waals surface area contributed by atoms with Gasteiger partial charge in [-0.1, -0.05) is 29.3 Å². The number of nitrogen functional groups attached to an aromatic ring is 1. The predicted octanol–water partition coefficient (Wildman–Crippen LogP) is 5.53. The van der Waals surface area contributed by atoms with Crippen LogP contribution in [0.1, 0.15) is 45.6 Å². The molecular weight excluding hydrogens is 425 g/mol. The monoisotopic (exact) mass is 443 g/mol. The van der Waals surface area contributed by atoms with E-state index in [0.29, 0.717) is 43.7 Å². The lowest BCUT2D eigenvalue weighted by Gasteiger charge is -2.18. The Morgan fingerprint density at radius 1 is 1.13 bits per heavy atom. The topological polar surface area (TPSA) is 109 Å². The molecule has 4 N–H and O–H groups in total. The highest BCUT2D eigenvalue weighted by Crippen LogP contribution is 2.33. The van der Waals surface area contributed by atoms with Crippen LogP contribution in [0, 0.1) is 12.3 Å². The molecule has 6 nitrogen and oxygen atoms in total. The zero-order valence-electron chi connectivity index (χ0n) is 16.2. The smallest absolute Gasteiger partial charge is 0.335 e. The van der Waals surface area contributed by atoms with E-state index in [1.54, 1.807) is 37.3 Å². The maximum absolute atomic E-state index is 11.2. The minimum Gasteiger partial charge on any atom is -0.486 e. The van der Waals surface area contributed by atoms with Gasteiger partial charge in [-0.05, 0) is 49.7 Å². The average Bonchev–Trinajstić information content (AvgIpc) is 2.68. The van der Waals surface area contributed by atoms with Crippen LogP contribution >= 0.6 is 23.2 Å². The highest BCUT2D eigenvalue weighted by Gasteiger charge is 2.18. The van der Waals surface area contributed by atoms with Gasteiger partial charge in [0.25, 0.3) is 0 Å². The number of nitrogens with zero attached hydrogens (tertiary/aromatic N) is 1. The maximum atomic E-state index is 11.2. The van der Waals surface area contributed by atoms with Crippen LogP contribution in [-0.2, 0) is 0 Å². The summed E-state index contributed by atoms with van der Waals surface area (Å²) in [6.45, 7) is 3.50. The molecule has 0 aliphatic rings. The SMILES string of the molecule is Cc1cc(C(=N)c2cc(O[C@H](C)c3c(Cl)cncc3Cl)ccc2N)ccc1C(=O)O. The Morgan fingerprint density at radius 3 is 2.40 bits per heavy atom. The van der Waals surface area contributed by atoms with E-state index in [0.717, 1.165) is 0 Å². The summed E-state index contributed by atoms with van der Waals surface area (Å²) in [6, 6.07) is 9.73. The number of carboxylic acid groups (broad SMARTS) is 1. The number of aromatic nitrogens is 1. The summed E-state index contributed by atoms with van der Waals surface area (Å²) in [6.07, 6.45) is 2.53. The van der Waals surface area contributed by atoms with Gasteiger partial charge in [0.1, 0.15) is 11.9 Å². The van der Waals surface area contributed by atoms with E-state index >= 15 is 0 Å². The maximum Gasteiger partial charge on any atom is 0.335 e. The summed E-state index contributed by atoms with van der Waals surface area (Å²) >= 11 is 12.4. The molecule has 8 heteroatoms. The number of aryl methyl sites for hydroxylation is 1. The molecule has 1 atom stereocenters. The molecule has 30 heavy (non-hydrogen) atoms. The van der Waals surface area contributed by atoms with Crippen LogP contribution < -0.4 is 10.5 Å². The number of pyridine rings is 1. The fourth-order valence-electron chi connectivity index (χ4n) is 3.11. The van der Waals surface area contributed by atoms with Gasteiger partial charge in [-0.3, -0.25) is 10.4 Å². The van der Waals surface area contributed by atoms with Crippen molar-refractivity contribution in [1.29, 1.82) is 5.41 Å². The fourth-order valence-corrected chi connectivity index (χ4v) is 3.78. The standard InChI is InChI=1S/C22H19Cl2N3O3/c1-11-7-13(3-5-15(11)22(28)29)21(26)16-8-14(4-6-19(16)25)30-12(2)20-17(23)9-27-10-18(20)24/h3-10,12,26H,25H2,1-2H3,(H,28,29)/t12-/m1/s1. The Kier molecular flexibility index (Phi) is 6.29. The molecule has 0 amide bonds. The molecule has 0 unspecified atom stereocenters. The van der Waals surface area contributed by atoms with E-state index in [-0.39, 0.29) is 11.3 Å². The quantitative estimate of drug-likeness (QED) is 0.342. The molecule has 0 bridgehead atoms. The van der Waals surface area contributed by atoms with Crippen molar-refractivity contribution in [3.8, 4) is 5.75 Å². The molecule has 1 aromatic heterocycles. The van der Waals surface area contributed by atoms with E-state index < -0.39 is 12.1 Å². The first-order valence-electron chi connectivity index (χ1n) is 8.97. The van der Waals surface area contributed by atoms with Crippen molar-refractivity contribution in [2.24, 2.45) is 0 Å². The van der Waals surface area contributed by atoms with Gasteiger partial charge in [0.2, 0.25) is 0 Å². The molecule has 0 aliphatic heterocycles. The summed E-state index contributed by atoms with van der Waals surface area (Å²) in [5.41, 5.74) is 9.04. The van der Waals surface area contributed by atoms with Crippen LogP contribution in [0.2, 0.25) is 10.0 Å². The van der Waals surface area contributed by atoms with Gasteiger partial charge in [-0.25, -0.2) is 4.79 Å². The van der Waals surface area contributed by atoms with Crippen LogP contribution in [0.5, 0.6) is 5.75 Å². The molecule has 0 saturated carbocycles. The number of carbonyl (C=O) groups is 1. The highest BCUT2D eigenvalue weighted by atomic mass is 35.5. The number of rotatable bonds is 6. The third kappa shape index (κ3) is 4.40. The molecule has 2 aromatic carbocycles. The molecule has 0 saturated heterocycles. The van der Waals surface area contributed by atoms with Crippen LogP contribution in [0.3, 0.4) is 0 Å². The van der Waals surface area contributed by atoms with Crippen molar-refractivity contribution in [3.05, 3.63) is 86.7 Å². The average molecular weight is 444 g/mol. The van der Waals surface area contributed by atoms with Crippen LogP contribution in [-0.4, -0.2) is 21.8 Å². The van der Waals surface area contributed by atoms with E-state index in [4.69, 9.17) is 39.1 Å². The second-order valence-electron chi connectivity index (χ2n) is 6.74. The first-order chi connectivity index (χ1) is 14.2. The number of nitrogens with one attached hydrogen (secondary N) is 1. The van der Waals surface area contributed by atoms with Crippen molar-refractivity contribution in [3.63, 3.8) is 0 Å². The summed E-state index contributed by atoms with van der Waals surface area (Å²) < 4.78 is 5.99. The van der Waals surface area contributed by atoms with Crippen molar-refractivity contribution >= 4 is 40.6 Å². The van der Waals surface area contributed by atoms with Crippen LogP contribution in [0.25, 0.3) is 0 Å². The summed E-state index contributed by atoms with van der Waals surface area (Å²) in [4.78, 5) is 15.2. The van der Waals surface area contributed by atoms with Gasteiger partial charge in [-0.15, -0.1) is 0 Å². The highest BCUT2D eigenvalue weighted by molar-refractivity contribution is 6.35. The van der Waals surface area contributed by atoms with E-state index in [9.17, 15) is 9.90 Å². The van der Waals surface area contributed by atoms with E-state index in [1.807, 2.05) is 6.92 Å². The normalized spacial score (nSPS) is 11.7. The summed E-state index contributed by atoms with van der Waals surface area (Å²) in [5, 5.41) is 18.6. The Labute approximate surface area is 183 Å². The van der Waals surface area contributed by atoms with Crippen molar-refractivity contribution in [1.82, 2.24) is 4.98 Å². The molecule has 0 aliphatic carbocycles. The number of nitrogens with two attached hydrogens (primary N) is 1. The number of aromatic carboxylic acids is 1. The summed E-state index contributed by atoms with van der Waals surface area (Å²) in [5.74, 6) is -0.526. The van der Waals surface area contributed by atoms with E-state index in [2.05, 4.69) is 4.98 Å². The van der Waals surface area contributed by atoms with Crippen LogP contribution in [0.4, 0.5) is 5.69 Å². The van der Waals surface area contributed by atoms with Crippen molar-refractivity contribution < 1.29 is 14.6 Å². The molecule has 0 radical (unpaired) electrons. The molecule has 154 valence electrons. The number of halogens is 2. The predicted molar refractivity (Wildman–Crippen MR) is 118 cm³/mol. The van der Waals surface area contributed by atoms with Gasteiger partial charge in [0, 0.05) is 34.8 Å². The Balaban J connectivity index is 1.91. The number of carboxylic acids is 1. The van der Waals surface area contributed by atoms with Gasteiger partial charge >= 0.3 is 5.97 Å². The second kappa shape index (κ2) is 8.73. The fraction of sp³-hybridized carbons (Fsp3) is 0.136. The second-order valence-corrected chi connectivity index (χ2v) is 7.55. The minimum absolute atomic E-state index is 0.158. The number of benzene rings is 2. The van der Waals surface area contributed by atoms with Gasteiger partial charge in [-0.2, -0.15) is 0 Å². The van der Waals surface area contributed by atoms with E-state index in [1.165, 1.54) is 18.5 Å². The molecule has 0 fully saturated rings. The third-order valence-corrected chi connectivity index (χ3v) is 5.25. The Hall–Kier alpha value is -3.09. The molecular formula is C22H19Cl2N3O3. The lowest BCUT2D eigenvalue weighted by Crippen LogP contribution is -2.09. The van der Waals surface area contributed by atoms with Crippen molar-refractivity contribution in [2.45, 2.75) is 20.0 Å². The summed E-state index contributed by atoms with van der Waals surface area (Å²) in [7, 11) is 0. The number of hydrogen-bond acceptors (Lipinski definition) is 5. The minimum atomic E-state index is -1.01.